The molecule has 25 heavy (non-hydrogen) atoms. The number of ether oxygens (including phenoxy) is 1. The maximum Gasteiger partial charge on any atom is 0.245 e. The molecular formula is C15H13BrN4O3S2. The van der Waals surface area contributed by atoms with E-state index in [1.165, 1.54) is 4.31 Å². The van der Waals surface area contributed by atoms with Crippen molar-refractivity contribution in [2.45, 2.75) is 17.4 Å². The smallest absolute Gasteiger partial charge is 0.245 e. The van der Waals surface area contributed by atoms with Crippen LogP contribution in [0.4, 0.5) is 0 Å². The Bertz CT molecular complexity index is 1020. The van der Waals surface area contributed by atoms with Crippen molar-refractivity contribution in [3.8, 4) is 5.75 Å². The minimum Gasteiger partial charge on any atom is -0.488 e. The topological polar surface area (TPSA) is 85.3 Å². The van der Waals surface area contributed by atoms with E-state index in [-0.39, 0.29) is 11.0 Å². The van der Waals surface area contributed by atoms with E-state index in [0.717, 1.165) is 16.2 Å². The van der Waals surface area contributed by atoms with Gasteiger partial charge in [-0.25, -0.2) is 8.42 Å². The van der Waals surface area contributed by atoms with Crippen LogP contribution in [0.25, 0.3) is 11.0 Å². The molecule has 1 aliphatic heterocycles. The third-order valence-electron chi connectivity index (χ3n) is 4.00. The Morgan fingerprint density at radius 3 is 3.00 bits per heavy atom. The van der Waals surface area contributed by atoms with Gasteiger partial charge in [0.25, 0.3) is 0 Å². The van der Waals surface area contributed by atoms with E-state index >= 15 is 0 Å². The molecule has 1 aromatic carbocycles. The van der Waals surface area contributed by atoms with Crippen LogP contribution in [0.2, 0.25) is 0 Å². The van der Waals surface area contributed by atoms with Crippen molar-refractivity contribution in [1.82, 2.24) is 18.0 Å². The second-order valence-corrected chi connectivity index (χ2v) is 8.87. The molecule has 0 saturated carbocycles. The Kier molecular flexibility index (Phi) is 4.44. The molecule has 3 heterocycles. The van der Waals surface area contributed by atoms with Crippen molar-refractivity contribution in [3.05, 3.63) is 41.1 Å². The standard InChI is InChI=1S/C15H13BrN4O3S2/c16-11-8-17-6-4-13(11)23-10-5-7-20(9-10)25(21,22)14-3-1-2-12-15(14)19-24-18-12/h1-4,6,8,10H,5,7,9H2. The molecule has 0 N–H and O–H groups in total. The summed E-state index contributed by atoms with van der Waals surface area (Å²) in [7, 11) is -3.64. The Hall–Kier alpha value is -1.62. The molecule has 0 aliphatic carbocycles. The molecule has 1 unspecified atom stereocenters. The summed E-state index contributed by atoms with van der Waals surface area (Å²) in [6.45, 7) is 0.703. The normalized spacial score (nSPS) is 18.7. The van der Waals surface area contributed by atoms with E-state index in [0.29, 0.717) is 36.3 Å². The van der Waals surface area contributed by atoms with Crippen LogP contribution in [0.5, 0.6) is 5.75 Å². The number of fused-ring (bicyclic) bond motifs is 1. The summed E-state index contributed by atoms with van der Waals surface area (Å²) in [4.78, 5) is 4.19. The van der Waals surface area contributed by atoms with Crippen molar-refractivity contribution < 1.29 is 13.2 Å². The fraction of sp³-hybridized carbons (Fsp3) is 0.267. The first-order valence-electron chi connectivity index (χ1n) is 7.53. The highest BCUT2D eigenvalue weighted by molar-refractivity contribution is 9.10. The van der Waals surface area contributed by atoms with Gasteiger partial charge < -0.3 is 4.74 Å². The van der Waals surface area contributed by atoms with E-state index in [1.807, 2.05) is 0 Å². The van der Waals surface area contributed by atoms with Gasteiger partial charge in [0, 0.05) is 18.9 Å². The molecule has 1 saturated heterocycles. The summed E-state index contributed by atoms with van der Waals surface area (Å²) in [5.41, 5.74) is 1.02. The third-order valence-corrected chi connectivity index (χ3v) is 7.04. The Morgan fingerprint density at radius 2 is 2.16 bits per heavy atom. The van der Waals surface area contributed by atoms with Gasteiger partial charge in [0.1, 0.15) is 27.8 Å². The predicted molar refractivity (Wildman–Crippen MR) is 97.1 cm³/mol. The minimum absolute atomic E-state index is 0.199. The van der Waals surface area contributed by atoms with Crippen molar-refractivity contribution >= 4 is 48.7 Å². The van der Waals surface area contributed by atoms with Crippen LogP contribution in [-0.4, -0.2) is 45.6 Å². The van der Waals surface area contributed by atoms with E-state index in [2.05, 4.69) is 29.7 Å². The van der Waals surface area contributed by atoms with E-state index in [9.17, 15) is 8.42 Å². The Labute approximate surface area is 157 Å². The lowest BCUT2D eigenvalue weighted by Gasteiger charge is -2.17. The van der Waals surface area contributed by atoms with Crippen LogP contribution in [0.3, 0.4) is 0 Å². The Morgan fingerprint density at radius 1 is 1.28 bits per heavy atom. The number of sulfonamides is 1. The zero-order valence-electron chi connectivity index (χ0n) is 12.9. The highest BCUT2D eigenvalue weighted by Gasteiger charge is 2.35. The molecule has 0 bridgehead atoms. The Balaban J connectivity index is 1.57. The summed E-state index contributed by atoms with van der Waals surface area (Å²) < 4.78 is 42.4. The number of nitrogens with zero attached hydrogens (tertiary/aromatic N) is 4. The van der Waals surface area contributed by atoms with Crippen LogP contribution < -0.4 is 4.74 Å². The van der Waals surface area contributed by atoms with Crippen LogP contribution in [-0.2, 0) is 10.0 Å². The molecule has 7 nitrogen and oxygen atoms in total. The van der Waals surface area contributed by atoms with Crippen LogP contribution in [0, 0.1) is 0 Å². The number of hydrogen-bond donors (Lipinski definition) is 0. The predicted octanol–water partition coefficient (Wildman–Crippen LogP) is 2.69. The number of benzene rings is 1. The molecule has 2 aromatic heterocycles. The second kappa shape index (κ2) is 6.60. The van der Waals surface area contributed by atoms with Gasteiger partial charge in [-0.3, -0.25) is 4.98 Å². The molecule has 130 valence electrons. The molecular weight excluding hydrogens is 428 g/mol. The molecule has 0 radical (unpaired) electrons. The van der Waals surface area contributed by atoms with Crippen molar-refractivity contribution in [1.29, 1.82) is 0 Å². The van der Waals surface area contributed by atoms with Gasteiger partial charge in [-0.05, 0) is 40.5 Å². The molecule has 0 spiro atoms. The average molecular weight is 441 g/mol. The molecule has 10 heteroatoms. The SMILES string of the molecule is O=S(=O)(c1cccc2nsnc12)N1CCC(Oc2ccncc2Br)C1. The summed E-state index contributed by atoms with van der Waals surface area (Å²) in [6.07, 6.45) is 3.70. The molecule has 1 atom stereocenters. The van der Waals surface area contributed by atoms with Gasteiger partial charge in [0.05, 0.1) is 22.7 Å². The van der Waals surface area contributed by atoms with Crippen LogP contribution >= 0.6 is 27.7 Å². The fourth-order valence-corrected chi connectivity index (χ4v) is 5.36. The van der Waals surface area contributed by atoms with Crippen molar-refractivity contribution in [3.63, 3.8) is 0 Å². The van der Waals surface area contributed by atoms with Crippen molar-refractivity contribution in [2.24, 2.45) is 0 Å². The lowest BCUT2D eigenvalue weighted by Crippen LogP contribution is -2.31. The highest BCUT2D eigenvalue weighted by atomic mass is 79.9. The molecule has 1 fully saturated rings. The van der Waals surface area contributed by atoms with Gasteiger partial charge in [-0.1, -0.05) is 6.07 Å². The summed E-state index contributed by atoms with van der Waals surface area (Å²) in [5, 5.41) is 0. The highest BCUT2D eigenvalue weighted by Crippen LogP contribution is 2.30. The zero-order chi connectivity index (χ0) is 17.4. The number of rotatable bonds is 4. The number of hydrogen-bond acceptors (Lipinski definition) is 7. The lowest BCUT2D eigenvalue weighted by atomic mass is 10.3. The van der Waals surface area contributed by atoms with Gasteiger partial charge in [0.15, 0.2) is 0 Å². The largest absolute Gasteiger partial charge is 0.488 e. The van der Waals surface area contributed by atoms with E-state index < -0.39 is 10.0 Å². The lowest BCUT2D eigenvalue weighted by molar-refractivity contribution is 0.214. The minimum atomic E-state index is -3.64. The third kappa shape index (κ3) is 3.14. The molecule has 3 aromatic rings. The maximum atomic E-state index is 13.0. The first-order valence-corrected chi connectivity index (χ1v) is 10.5. The van der Waals surface area contributed by atoms with Crippen LogP contribution in [0.15, 0.2) is 46.0 Å². The molecule has 0 amide bonds. The first kappa shape index (κ1) is 16.8. The maximum absolute atomic E-state index is 13.0. The first-order chi connectivity index (χ1) is 12.1. The monoisotopic (exact) mass is 440 g/mol. The molecule has 4 rings (SSSR count). The number of pyridine rings is 1. The number of halogens is 1. The number of aromatic nitrogens is 3. The zero-order valence-corrected chi connectivity index (χ0v) is 16.1. The van der Waals surface area contributed by atoms with E-state index in [4.69, 9.17) is 4.74 Å². The average Bonchev–Trinajstić information content (AvgIpc) is 3.26. The van der Waals surface area contributed by atoms with Gasteiger partial charge in [-0.2, -0.15) is 13.1 Å². The summed E-state index contributed by atoms with van der Waals surface area (Å²) >= 11 is 4.40. The fourth-order valence-electron chi connectivity index (χ4n) is 2.78. The quantitative estimate of drug-likeness (QED) is 0.619. The van der Waals surface area contributed by atoms with Gasteiger partial charge in [-0.15, -0.1) is 0 Å². The summed E-state index contributed by atoms with van der Waals surface area (Å²) in [5.74, 6) is 0.657. The molecule has 1 aliphatic rings. The second-order valence-electron chi connectivity index (χ2n) is 5.59. The van der Waals surface area contributed by atoms with E-state index in [1.54, 1.807) is 36.7 Å². The van der Waals surface area contributed by atoms with Gasteiger partial charge in [0.2, 0.25) is 10.0 Å². The van der Waals surface area contributed by atoms with Crippen molar-refractivity contribution in [2.75, 3.05) is 13.1 Å². The van der Waals surface area contributed by atoms with Gasteiger partial charge >= 0.3 is 0 Å². The van der Waals surface area contributed by atoms with Crippen LogP contribution in [0.1, 0.15) is 6.42 Å². The summed E-state index contributed by atoms with van der Waals surface area (Å²) in [6, 6.07) is 6.78.